The van der Waals surface area contributed by atoms with E-state index in [9.17, 15) is 14.0 Å². The van der Waals surface area contributed by atoms with Gasteiger partial charge in [0.15, 0.2) is 12.6 Å². The molecule has 2 rings (SSSR count). The van der Waals surface area contributed by atoms with Crippen LogP contribution in [0.5, 0.6) is 0 Å². The lowest BCUT2D eigenvalue weighted by Gasteiger charge is -2.03. The molecule has 0 atom stereocenters. The van der Waals surface area contributed by atoms with Gasteiger partial charge in [-0.3, -0.25) is 14.6 Å². The van der Waals surface area contributed by atoms with Gasteiger partial charge in [-0.05, 0) is 23.8 Å². The molecule has 2 aromatic rings. The Morgan fingerprint density at radius 2 is 1.82 bits per heavy atom. The number of carbonyl (C=O) groups excluding carboxylic acids is 2. The maximum Gasteiger partial charge on any atom is 0.152 e. The average molecular weight is 229 g/mol. The third-order valence-corrected chi connectivity index (χ3v) is 2.36. The van der Waals surface area contributed by atoms with Crippen LogP contribution in [0.25, 0.3) is 11.1 Å². The van der Waals surface area contributed by atoms with Gasteiger partial charge in [0.05, 0.1) is 5.56 Å². The minimum atomic E-state index is -0.589. The maximum absolute atomic E-state index is 13.4. The van der Waals surface area contributed by atoms with Crippen molar-refractivity contribution in [1.82, 2.24) is 4.98 Å². The number of carbonyl (C=O) groups is 2. The second-order valence-corrected chi connectivity index (χ2v) is 3.48. The van der Waals surface area contributed by atoms with Crippen molar-refractivity contribution < 1.29 is 14.0 Å². The summed E-state index contributed by atoms with van der Waals surface area (Å²) in [4.78, 5) is 25.0. The smallest absolute Gasteiger partial charge is 0.152 e. The summed E-state index contributed by atoms with van der Waals surface area (Å²) >= 11 is 0. The fraction of sp³-hybridized carbons (Fsp3) is 0. The van der Waals surface area contributed by atoms with Crippen LogP contribution in [0.3, 0.4) is 0 Å². The Hall–Kier alpha value is -2.36. The van der Waals surface area contributed by atoms with Gasteiger partial charge in [0.1, 0.15) is 5.82 Å². The Morgan fingerprint density at radius 1 is 1.00 bits per heavy atom. The molecule has 3 nitrogen and oxygen atoms in total. The van der Waals surface area contributed by atoms with Crippen molar-refractivity contribution in [2.24, 2.45) is 0 Å². The minimum absolute atomic E-state index is 0.00764. The van der Waals surface area contributed by atoms with E-state index < -0.39 is 5.82 Å². The van der Waals surface area contributed by atoms with Gasteiger partial charge in [-0.25, -0.2) is 4.39 Å². The number of aromatic nitrogens is 1. The summed E-state index contributed by atoms with van der Waals surface area (Å²) < 4.78 is 13.4. The molecule has 0 bridgehead atoms. The minimum Gasteiger partial charge on any atom is -0.298 e. The number of nitrogens with zero attached hydrogens (tertiary/aromatic N) is 1. The van der Waals surface area contributed by atoms with Gasteiger partial charge in [0, 0.05) is 23.5 Å². The third-order valence-electron chi connectivity index (χ3n) is 2.36. The zero-order valence-corrected chi connectivity index (χ0v) is 8.76. The number of aldehydes is 2. The first-order valence-corrected chi connectivity index (χ1v) is 4.90. The van der Waals surface area contributed by atoms with Crippen LogP contribution in [0.4, 0.5) is 4.39 Å². The lowest BCUT2D eigenvalue weighted by atomic mass is 10.0. The SMILES string of the molecule is O=Cc1cncc(-c2ccc(C=O)c(F)c2)c1. The van der Waals surface area contributed by atoms with Crippen molar-refractivity contribution in [3.8, 4) is 11.1 Å². The predicted octanol–water partition coefficient (Wildman–Crippen LogP) is 2.51. The zero-order valence-electron chi connectivity index (χ0n) is 8.76. The zero-order chi connectivity index (χ0) is 12.3. The summed E-state index contributed by atoms with van der Waals surface area (Å²) in [6.07, 6.45) is 4.08. The molecule has 1 aromatic carbocycles. The largest absolute Gasteiger partial charge is 0.298 e. The first-order valence-electron chi connectivity index (χ1n) is 4.90. The Morgan fingerprint density at radius 3 is 2.47 bits per heavy atom. The fourth-order valence-electron chi connectivity index (χ4n) is 1.48. The molecule has 0 N–H and O–H groups in total. The summed E-state index contributed by atoms with van der Waals surface area (Å²) in [5.41, 5.74) is 1.63. The predicted molar refractivity (Wildman–Crippen MR) is 60.4 cm³/mol. The van der Waals surface area contributed by atoms with E-state index in [1.54, 1.807) is 12.1 Å². The van der Waals surface area contributed by atoms with Crippen molar-refractivity contribution in [2.45, 2.75) is 0 Å². The van der Waals surface area contributed by atoms with E-state index in [4.69, 9.17) is 0 Å². The quantitative estimate of drug-likeness (QED) is 0.760. The van der Waals surface area contributed by atoms with Crippen LogP contribution in [-0.4, -0.2) is 17.6 Å². The van der Waals surface area contributed by atoms with Gasteiger partial charge in [-0.1, -0.05) is 6.07 Å². The first kappa shape index (κ1) is 11.1. The molecule has 0 radical (unpaired) electrons. The van der Waals surface area contributed by atoms with Gasteiger partial charge in [0.2, 0.25) is 0 Å². The number of halogens is 1. The monoisotopic (exact) mass is 229 g/mol. The average Bonchev–Trinajstić information content (AvgIpc) is 2.38. The maximum atomic E-state index is 13.4. The van der Waals surface area contributed by atoms with Crippen molar-refractivity contribution in [2.75, 3.05) is 0 Å². The highest BCUT2D eigenvalue weighted by Gasteiger charge is 2.05. The molecule has 0 aliphatic rings. The van der Waals surface area contributed by atoms with Crippen LogP contribution < -0.4 is 0 Å². The first-order chi connectivity index (χ1) is 8.24. The molecule has 0 spiro atoms. The highest BCUT2D eigenvalue weighted by Crippen LogP contribution is 2.21. The standard InChI is InChI=1S/C13H8FNO2/c14-13-4-10(1-2-11(13)8-17)12-3-9(7-16)5-15-6-12/h1-8H. The van der Waals surface area contributed by atoms with E-state index in [0.29, 0.717) is 29.3 Å². The normalized spacial score (nSPS) is 9.94. The van der Waals surface area contributed by atoms with Gasteiger partial charge in [0.25, 0.3) is 0 Å². The Bertz CT molecular complexity index is 581. The number of pyridine rings is 1. The highest BCUT2D eigenvalue weighted by atomic mass is 19.1. The van der Waals surface area contributed by atoms with Crippen molar-refractivity contribution in [3.63, 3.8) is 0 Å². The van der Waals surface area contributed by atoms with Crippen LogP contribution in [0.2, 0.25) is 0 Å². The molecular formula is C13H8FNO2. The molecule has 4 heteroatoms. The van der Waals surface area contributed by atoms with Crippen LogP contribution in [0, 0.1) is 5.82 Å². The van der Waals surface area contributed by atoms with Crippen LogP contribution in [0.1, 0.15) is 20.7 Å². The lowest BCUT2D eigenvalue weighted by Crippen LogP contribution is -1.90. The van der Waals surface area contributed by atoms with Crippen LogP contribution in [0.15, 0.2) is 36.7 Å². The Labute approximate surface area is 96.9 Å². The van der Waals surface area contributed by atoms with Gasteiger partial charge in [-0.2, -0.15) is 0 Å². The Kier molecular flexibility index (Phi) is 3.05. The molecular weight excluding hydrogens is 221 g/mol. The second kappa shape index (κ2) is 4.65. The molecule has 17 heavy (non-hydrogen) atoms. The van der Waals surface area contributed by atoms with Gasteiger partial charge in [-0.15, -0.1) is 0 Å². The molecule has 84 valence electrons. The van der Waals surface area contributed by atoms with Crippen molar-refractivity contribution >= 4 is 12.6 Å². The molecule has 0 saturated carbocycles. The molecule has 0 aliphatic carbocycles. The summed E-state index contributed by atoms with van der Waals surface area (Å²) in [5, 5.41) is 0. The Balaban J connectivity index is 2.49. The molecule has 0 saturated heterocycles. The number of rotatable bonds is 3. The van der Waals surface area contributed by atoms with E-state index in [1.165, 1.54) is 24.5 Å². The molecule has 0 unspecified atom stereocenters. The van der Waals surface area contributed by atoms with Crippen molar-refractivity contribution in [1.29, 1.82) is 0 Å². The molecule has 0 fully saturated rings. The third kappa shape index (κ3) is 2.25. The van der Waals surface area contributed by atoms with E-state index >= 15 is 0 Å². The van der Waals surface area contributed by atoms with Crippen molar-refractivity contribution in [3.05, 3.63) is 53.6 Å². The number of hydrogen-bond donors (Lipinski definition) is 0. The summed E-state index contributed by atoms with van der Waals surface area (Å²) in [7, 11) is 0. The van der Waals surface area contributed by atoms with E-state index in [2.05, 4.69) is 4.98 Å². The topological polar surface area (TPSA) is 47.0 Å². The summed E-state index contributed by atoms with van der Waals surface area (Å²) in [6.45, 7) is 0. The summed E-state index contributed by atoms with van der Waals surface area (Å²) in [6, 6.07) is 5.86. The van der Waals surface area contributed by atoms with E-state index in [1.807, 2.05) is 0 Å². The highest BCUT2D eigenvalue weighted by molar-refractivity contribution is 5.80. The lowest BCUT2D eigenvalue weighted by molar-refractivity contribution is 0.111. The molecule has 1 heterocycles. The molecule has 1 aromatic heterocycles. The number of hydrogen-bond acceptors (Lipinski definition) is 3. The van der Waals surface area contributed by atoms with Gasteiger partial charge >= 0.3 is 0 Å². The number of benzene rings is 1. The van der Waals surface area contributed by atoms with E-state index in [-0.39, 0.29) is 5.56 Å². The van der Waals surface area contributed by atoms with E-state index in [0.717, 1.165) is 0 Å². The second-order valence-electron chi connectivity index (χ2n) is 3.48. The van der Waals surface area contributed by atoms with Crippen LogP contribution >= 0.6 is 0 Å². The molecule has 0 amide bonds. The molecule has 0 aliphatic heterocycles. The summed E-state index contributed by atoms with van der Waals surface area (Å²) in [5.74, 6) is -0.589. The fourth-order valence-corrected chi connectivity index (χ4v) is 1.48. The van der Waals surface area contributed by atoms with Crippen LogP contribution in [-0.2, 0) is 0 Å². The van der Waals surface area contributed by atoms with Gasteiger partial charge < -0.3 is 0 Å².